The van der Waals surface area contributed by atoms with Crippen molar-refractivity contribution in [3.8, 4) is 0 Å². The van der Waals surface area contributed by atoms with Crippen LogP contribution in [0.25, 0.3) is 10.9 Å². The fraction of sp³-hybridized carbons (Fsp3) is 0.357. The lowest BCUT2D eigenvalue weighted by atomic mass is 10.1. The van der Waals surface area contributed by atoms with Gasteiger partial charge in [0, 0.05) is 23.6 Å². The van der Waals surface area contributed by atoms with E-state index in [1.807, 2.05) is 30.5 Å². The SMILES string of the molecule is NCCCNC(=O)[C@@H](N)Cc1c[nH]c2ccccc12. The zero-order valence-electron chi connectivity index (χ0n) is 10.9. The van der Waals surface area contributed by atoms with Crippen LogP contribution in [-0.2, 0) is 11.2 Å². The first-order valence-electron chi connectivity index (χ1n) is 6.50. The highest BCUT2D eigenvalue weighted by Crippen LogP contribution is 2.18. The van der Waals surface area contributed by atoms with Crippen LogP contribution in [0.4, 0.5) is 0 Å². The van der Waals surface area contributed by atoms with E-state index in [0.717, 1.165) is 22.9 Å². The van der Waals surface area contributed by atoms with E-state index in [1.165, 1.54) is 0 Å². The molecule has 5 nitrogen and oxygen atoms in total. The summed E-state index contributed by atoms with van der Waals surface area (Å²) in [6, 6.07) is 7.46. The van der Waals surface area contributed by atoms with Crippen molar-refractivity contribution >= 4 is 16.8 Å². The summed E-state index contributed by atoms with van der Waals surface area (Å²) in [5, 5.41) is 3.91. The number of rotatable bonds is 6. The summed E-state index contributed by atoms with van der Waals surface area (Å²) in [4.78, 5) is 15.0. The average molecular weight is 260 g/mol. The fourth-order valence-corrected chi connectivity index (χ4v) is 2.07. The van der Waals surface area contributed by atoms with Gasteiger partial charge in [-0.15, -0.1) is 0 Å². The molecule has 0 aliphatic carbocycles. The molecule has 0 fully saturated rings. The van der Waals surface area contributed by atoms with Crippen LogP contribution in [0.3, 0.4) is 0 Å². The molecule has 0 spiro atoms. The molecular formula is C14H20N4O. The van der Waals surface area contributed by atoms with Crippen LogP contribution in [0.15, 0.2) is 30.5 Å². The molecule has 102 valence electrons. The van der Waals surface area contributed by atoms with Gasteiger partial charge in [-0.3, -0.25) is 4.79 Å². The molecule has 0 saturated carbocycles. The molecule has 1 amide bonds. The smallest absolute Gasteiger partial charge is 0.237 e. The number of fused-ring (bicyclic) bond motifs is 1. The Kier molecular flexibility index (Phi) is 4.54. The number of nitrogens with two attached hydrogens (primary N) is 2. The van der Waals surface area contributed by atoms with Gasteiger partial charge in [0.25, 0.3) is 0 Å². The molecule has 0 aliphatic heterocycles. The summed E-state index contributed by atoms with van der Waals surface area (Å²) in [7, 11) is 0. The van der Waals surface area contributed by atoms with Crippen molar-refractivity contribution in [3.63, 3.8) is 0 Å². The van der Waals surface area contributed by atoms with Gasteiger partial charge in [0.05, 0.1) is 6.04 Å². The highest BCUT2D eigenvalue weighted by molar-refractivity contribution is 5.86. The minimum atomic E-state index is -0.531. The van der Waals surface area contributed by atoms with Crippen LogP contribution < -0.4 is 16.8 Å². The number of amides is 1. The number of aromatic amines is 1. The Morgan fingerprint density at radius 3 is 2.95 bits per heavy atom. The Labute approximate surface area is 112 Å². The standard InChI is InChI=1S/C14H20N4O/c15-6-3-7-17-14(19)12(16)8-10-9-18-13-5-2-1-4-11(10)13/h1-2,4-5,9,12,18H,3,6-8,15-16H2,(H,17,19)/t12-/m0/s1. The number of aromatic nitrogens is 1. The summed E-state index contributed by atoms with van der Waals surface area (Å²) < 4.78 is 0. The van der Waals surface area contributed by atoms with E-state index in [2.05, 4.69) is 10.3 Å². The number of carbonyl (C=O) groups excluding carboxylic acids is 1. The van der Waals surface area contributed by atoms with Gasteiger partial charge < -0.3 is 21.8 Å². The van der Waals surface area contributed by atoms with Crippen LogP contribution in [-0.4, -0.2) is 30.0 Å². The van der Waals surface area contributed by atoms with E-state index in [9.17, 15) is 4.79 Å². The van der Waals surface area contributed by atoms with Gasteiger partial charge in [-0.1, -0.05) is 18.2 Å². The quantitative estimate of drug-likeness (QED) is 0.569. The van der Waals surface area contributed by atoms with E-state index >= 15 is 0 Å². The second-order valence-electron chi connectivity index (χ2n) is 4.60. The monoisotopic (exact) mass is 260 g/mol. The molecular weight excluding hydrogens is 240 g/mol. The third-order valence-corrected chi connectivity index (χ3v) is 3.13. The van der Waals surface area contributed by atoms with Crippen molar-refractivity contribution in [3.05, 3.63) is 36.0 Å². The zero-order chi connectivity index (χ0) is 13.7. The Morgan fingerprint density at radius 2 is 2.16 bits per heavy atom. The molecule has 0 bridgehead atoms. The number of para-hydroxylation sites is 1. The van der Waals surface area contributed by atoms with Gasteiger partial charge in [0.1, 0.15) is 0 Å². The van der Waals surface area contributed by atoms with E-state index < -0.39 is 6.04 Å². The lowest BCUT2D eigenvalue weighted by Gasteiger charge is -2.11. The predicted octanol–water partition coefficient (Wildman–Crippen LogP) is 0.503. The first kappa shape index (κ1) is 13.6. The maximum atomic E-state index is 11.8. The van der Waals surface area contributed by atoms with Crippen molar-refractivity contribution in [2.24, 2.45) is 11.5 Å². The van der Waals surface area contributed by atoms with Crippen molar-refractivity contribution in [1.29, 1.82) is 0 Å². The molecule has 1 aromatic heterocycles. The van der Waals surface area contributed by atoms with E-state index in [4.69, 9.17) is 11.5 Å². The maximum Gasteiger partial charge on any atom is 0.237 e. The summed E-state index contributed by atoms with van der Waals surface area (Å²) >= 11 is 0. The molecule has 1 aromatic carbocycles. The molecule has 1 atom stereocenters. The molecule has 0 radical (unpaired) electrons. The first-order chi connectivity index (χ1) is 9.22. The minimum Gasteiger partial charge on any atom is -0.361 e. The lowest BCUT2D eigenvalue weighted by Crippen LogP contribution is -2.42. The Hall–Kier alpha value is -1.85. The highest BCUT2D eigenvalue weighted by Gasteiger charge is 2.15. The zero-order valence-corrected chi connectivity index (χ0v) is 10.9. The van der Waals surface area contributed by atoms with Gasteiger partial charge in [0.15, 0.2) is 0 Å². The largest absolute Gasteiger partial charge is 0.361 e. The molecule has 0 unspecified atom stereocenters. The maximum absolute atomic E-state index is 11.8. The van der Waals surface area contributed by atoms with Crippen molar-refractivity contribution in [2.75, 3.05) is 13.1 Å². The summed E-state index contributed by atoms with van der Waals surface area (Å²) in [5.41, 5.74) is 13.4. The van der Waals surface area contributed by atoms with Crippen molar-refractivity contribution in [1.82, 2.24) is 10.3 Å². The number of benzene rings is 1. The van der Waals surface area contributed by atoms with Crippen LogP contribution in [0.2, 0.25) is 0 Å². The van der Waals surface area contributed by atoms with Gasteiger partial charge >= 0.3 is 0 Å². The Balaban J connectivity index is 1.98. The van der Waals surface area contributed by atoms with Gasteiger partial charge in [0.2, 0.25) is 5.91 Å². The molecule has 1 heterocycles. The van der Waals surface area contributed by atoms with Gasteiger partial charge in [-0.25, -0.2) is 0 Å². The molecule has 0 aliphatic rings. The van der Waals surface area contributed by atoms with E-state index in [1.54, 1.807) is 0 Å². The second kappa shape index (κ2) is 6.36. The fourth-order valence-electron chi connectivity index (χ4n) is 2.07. The topological polar surface area (TPSA) is 96.9 Å². The molecule has 19 heavy (non-hydrogen) atoms. The molecule has 5 heteroatoms. The lowest BCUT2D eigenvalue weighted by molar-refractivity contribution is -0.122. The van der Waals surface area contributed by atoms with E-state index in [-0.39, 0.29) is 5.91 Å². The summed E-state index contributed by atoms with van der Waals surface area (Å²) in [6.07, 6.45) is 3.21. The number of nitrogens with one attached hydrogen (secondary N) is 2. The normalized spacial score (nSPS) is 12.5. The third kappa shape index (κ3) is 3.33. The number of carbonyl (C=O) groups is 1. The van der Waals surface area contributed by atoms with Crippen LogP contribution in [0.5, 0.6) is 0 Å². The van der Waals surface area contributed by atoms with Gasteiger partial charge in [-0.05, 0) is 31.0 Å². The Morgan fingerprint density at radius 1 is 1.37 bits per heavy atom. The number of H-pyrrole nitrogens is 1. The van der Waals surface area contributed by atoms with Crippen LogP contribution >= 0.6 is 0 Å². The summed E-state index contributed by atoms with van der Waals surface area (Å²) in [5.74, 6) is -0.126. The average Bonchev–Trinajstić information content (AvgIpc) is 2.82. The van der Waals surface area contributed by atoms with Crippen LogP contribution in [0, 0.1) is 0 Å². The second-order valence-corrected chi connectivity index (χ2v) is 4.60. The summed E-state index contributed by atoms with van der Waals surface area (Å²) in [6.45, 7) is 1.15. The van der Waals surface area contributed by atoms with Crippen molar-refractivity contribution < 1.29 is 4.79 Å². The molecule has 6 N–H and O–H groups in total. The molecule has 0 saturated heterocycles. The van der Waals surface area contributed by atoms with Gasteiger partial charge in [-0.2, -0.15) is 0 Å². The minimum absolute atomic E-state index is 0.126. The predicted molar refractivity (Wildman–Crippen MR) is 76.7 cm³/mol. The first-order valence-corrected chi connectivity index (χ1v) is 6.50. The number of hydrogen-bond donors (Lipinski definition) is 4. The third-order valence-electron chi connectivity index (χ3n) is 3.13. The molecule has 2 aromatic rings. The molecule has 2 rings (SSSR count). The van der Waals surface area contributed by atoms with Crippen molar-refractivity contribution in [2.45, 2.75) is 18.9 Å². The van der Waals surface area contributed by atoms with E-state index in [0.29, 0.717) is 19.5 Å². The highest BCUT2D eigenvalue weighted by atomic mass is 16.2. The Bertz CT molecular complexity index is 549. The number of hydrogen-bond acceptors (Lipinski definition) is 3. The van der Waals surface area contributed by atoms with Crippen LogP contribution in [0.1, 0.15) is 12.0 Å².